The predicted octanol–water partition coefficient (Wildman–Crippen LogP) is 1.93. The monoisotopic (exact) mass is 326 g/mol. The van der Waals surface area contributed by atoms with Gasteiger partial charge in [-0.05, 0) is 38.1 Å². The minimum Gasteiger partial charge on any atom is -0.378 e. The van der Waals surface area contributed by atoms with Gasteiger partial charge in [-0.3, -0.25) is 0 Å². The normalized spacial score (nSPS) is 11.6. The van der Waals surface area contributed by atoms with Gasteiger partial charge in [0.15, 0.2) is 0 Å². The fourth-order valence-electron chi connectivity index (χ4n) is 1.75. The molecule has 0 spiro atoms. The molecule has 0 bridgehead atoms. The van der Waals surface area contributed by atoms with Crippen molar-refractivity contribution in [3.8, 4) is 0 Å². The largest absolute Gasteiger partial charge is 0.378 e. The van der Waals surface area contributed by atoms with Crippen LogP contribution < -0.4 is 10.0 Å². The molecule has 2 aromatic rings. The van der Waals surface area contributed by atoms with Crippen LogP contribution in [0.3, 0.4) is 0 Å². The highest BCUT2D eigenvalue weighted by Gasteiger charge is 2.13. The summed E-state index contributed by atoms with van der Waals surface area (Å²) >= 11 is 1.56. The third-order valence-corrected chi connectivity index (χ3v) is 5.51. The van der Waals surface area contributed by atoms with E-state index in [1.165, 1.54) is 7.05 Å². The van der Waals surface area contributed by atoms with Crippen molar-refractivity contribution in [2.75, 3.05) is 12.4 Å². The molecule has 0 aliphatic heterocycles. The number of nitrogens with zero attached hydrogens (tertiary/aromatic N) is 2. The number of hydrogen-bond acceptors (Lipinski definition) is 6. The summed E-state index contributed by atoms with van der Waals surface area (Å²) in [6.07, 6.45) is 0.868. The van der Waals surface area contributed by atoms with E-state index in [1.807, 2.05) is 13.8 Å². The van der Waals surface area contributed by atoms with Gasteiger partial charge >= 0.3 is 0 Å². The lowest BCUT2D eigenvalue weighted by Crippen LogP contribution is -2.18. The van der Waals surface area contributed by atoms with E-state index in [0.29, 0.717) is 6.54 Å². The number of hydrogen-bond donors (Lipinski definition) is 2. The highest BCUT2D eigenvalue weighted by atomic mass is 32.2. The molecule has 0 atom stereocenters. The Morgan fingerprint density at radius 3 is 2.57 bits per heavy atom. The summed E-state index contributed by atoms with van der Waals surface area (Å²) in [7, 11) is -2.04. The van der Waals surface area contributed by atoms with Crippen molar-refractivity contribution in [1.29, 1.82) is 0 Å². The number of aryl methyl sites for hydroxylation is 2. The molecule has 1 aromatic heterocycles. The summed E-state index contributed by atoms with van der Waals surface area (Å²) in [5.74, 6) is 0. The first-order valence-corrected chi connectivity index (χ1v) is 8.85. The summed E-state index contributed by atoms with van der Waals surface area (Å²) in [5, 5.41) is 13.3. The Morgan fingerprint density at radius 1 is 1.24 bits per heavy atom. The van der Waals surface area contributed by atoms with Gasteiger partial charge in [0.1, 0.15) is 10.0 Å². The summed E-state index contributed by atoms with van der Waals surface area (Å²) < 4.78 is 26.0. The van der Waals surface area contributed by atoms with Crippen molar-refractivity contribution in [3.05, 3.63) is 33.8 Å². The molecular formula is C13H18N4O2S2. The van der Waals surface area contributed by atoms with Crippen LogP contribution in [0.5, 0.6) is 0 Å². The van der Waals surface area contributed by atoms with E-state index in [0.717, 1.165) is 27.7 Å². The Balaban J connectivity index is 2.17. The van der Waals surface area contributed by atoms with Crippen LogP contribution in [0.4, 0.5) is 5.69 Å². The number of benzene rings is 1. The Morgan fingerprint density at radius 2 is 1.95 bits per heavy atom. The molecular weight excluding hydrogens is 308 g/mol. The maximum Gasteiger partial charge on any atom is 0.240 e. The van der Waals surface area contributed by atoms with Crippen molar-refractivity contribution in [3.63, 3.8) is 0 Å². The van der Waals surface area contributed by atoms with E-state index in [-0.39, 0.29) is 4.90 Å². The third-order valence-electron chi connectivity index (χ3n) is 3.03. The average Bonchev–Trinajstić information content (AvgIpc) is 2.94. The highest BCUT2D eigenvalue weighted by Crippen LogP contribution is 2.21. The van der Waals surface area contributed by atoms with Crippen molar-refractivity contribution in [2.24, 2.45) is 0 Å². The molecule has 6 nitrogen and oxygen atoms in total. The molecule has 0 radical (unpaired) electrons. The quantitative estimate of drug-likeness (QED) is 0.847. The van der Waals surface area contributed by atoms with Crippen molar-refractivity contribution < 1.29 is 8.42 Å². The lowest BCUT2D eigenvalue weighted by molar-refractivity contribution is 0.588. The zero-order chi connectivity index (χ0) is 15.5. The van der Waals surface area contributed by atoms with E-state index < -0.39 is 10.0 Å². The van der Waals surface area contributed by atoms with Gasteiger partial charge in [0, 0.05) is 5.69 Å². The van der Waals surface area contributed by atoms with Gasteiger partial charge in [-0.2, -0.15) is 0 Å². The van der Waals surface area contributed by atoms with Crippen LogP contribution in [-0.2, 0) is 23.0 Å². The van der Waals surface area contributed by atoms with Gasteiger partial charge < -0.3 is 5.32 Å². The second-order valence-corrected chi connectivity index (χ2v) is 7.51. The first kappa shape index (κ1) is 15.9. The fourth-order valence-corrected chi connectivity index (χ4v) is 3.23. The van der Waals surface area contributed by atoms with Gasteiger partial charge in [-0.1, -0.05) is 24.3 Å². The summed E-state index contributed by atoms with van der Waals surface area (Å²) in [6.45, 7) is 4.49. The number of sulfonamides is 1. The molecule has 21 heavy (non-hydrogen) atoms. The van der Waals surface area contributed by atoms with E-state index in [2.05, 4.69) is 20.2 Å². The van der Waals surface area contributed by atoms with Crippen molar-refractivity contribution >= 4 is 27.0 Å². The standard InChI is InChI=1S/C13H18N4O2S2/c1-4-12-16-17-13(20-12)8-15-11-7-10(6-5-9(11)2)21(18,19)14-3/h5-7,14-15H,4,8H2,1-3H3. The Bertz CT molecular complexity index is 726. The number of anilines is 1. The van der Waals surface area contributed by atoms with Gasteiger partial charge in [-0.15, -0.1) is 10.2 Å². The van der Waals surface area contributed by atoms with Crippen molar-refractivity contribution in [2.45, 2.75) is 31.7 Å². The molecule has 2 N–H and O–H groups in total. The maximum absolute atomic E-state index is 11.8. The molecule has 1 aromatic carbocycles. The average molecular weight is 326 g/mol. The molecule has 0 saturated carbocycles. The smallest absolute Gasteiger partial charge is 0.240 e. The molecule has 0 saturated heterocycles. The molecule has 0 aliphatic rings. The molecule has 0 unspecified atom stereocenters. The number of nitrogens with one attached hydrogen (secondary N) is 2. The van der Waals surface area contributed by atoms with Crippen molar-refractivity contribution in [1.82, 2.24) is 14.9 Å². The second-order valence-electron chi connectivity index (χ2n) is 4.48. The van der Waals surface area contributed by atoms with E-state index in [4.69, 9.17) is 0 Å². The molecule has 8 heteroatoms. The fraction of sp³-hybridized carbons (Fsp3) is 0.385. The van der Waals surface area contributed by atoms with Crippen LogP contribution >= 0.6 is 11.3 Å². The molecule has 0 aliphatic carbocycles. The highest BCUT2D eigenvalue weighted by molar-refractivity contribution is 7.89. The molecule has 1 heterocycles. The Labute approximate surface area is 128 Å². The zero-order valence-corrected chi connectivity index (χ0v) is 13.8. The zero-order valence-electron chi connectivity index (χ0n) is 12.2. The van der Waals surface area contributed by atoms with Crippen LogP contribution in [0.25, 0.3) is 0 Å². The van der Waals surface area contributed by atoms with Crippen LogP contribution in [-0.4, -0.2) is 25.7 Å². The first-order chi connectivity index (χ1) is 9.96. The van der Waals surface area contributed by atoms with Crippen LogP contribution in [0, 0.1) is 6.92 Å². The maximum atomic E-state index is 11.8. The third kappa shape index (κ3) is 3.78. The van der Waals surface area contributed by atoms with Gasteiger partial charge in [-0.25, -0.2) is 13.1 Å². The van der Waals surface area contributed by atoms with E-state index in [1.54, 1.807) is 29.5 Å². The molecule has 114 valence electrons. The van der Waals surface area contributed by atoms with Gasteiger partial charge in [0.05, 0.1) is 11.4 Å². The van der Waals surface area contributed by atoms with Gasteiger partial charge in [0.25, 0.3) is 0 Å². The summed E-state index contributed by atoms with van der Waals surface area (Å²) in [5.41, 5.74) is 1.75. The minimum absolute atomic E-state index is 0.240. The number of aromatic nitrogens is 2. The summed E-state index contributed by atoms with van der Waals surface area (Å²) in [6, 6.07) is 5.00. The lowest BCUT2D eigenvalue weighted by Gasteiger charge is -2.10. The summed E-state index contributed by atoms with van der Waals surface area (Å²) in [4.78, 5) is 0.240. The van der Waals surface area contributed by atoms with E-state index >= 15 is 0 Å². The molecule has 0 fully saturated rings. The second kappa shape index (κ2) is 6.50. The van der Waals surface area contributed by atoms with Crippen LogP contribution in [0.15, 0.2) is 23.1 Å². The SMILES string of the molecule is CCc1nnc(CNc2cc(S(=O)(=O)NC)ccc2C)s1. The van der Waals surface area contributed by atoms with Gasteiger partial charge in [0.2, 0.25) is 10.0 Å². The molecule has 0 amide bonds. The predicted molar refractivity (Wildman–Crippen MR) is 84.0 cm³/mol. The first-order valence-electron chi connectivity index (χ1n) is 6.55. The lowest BCUT2D eigenvalue weighted by atomic mass is 10.2. The van der Waals surface area contributed by atoms with Crippen LogP contribution in [0.1, 0.15) is 22.5 Å². The Hall–Kier alpha value is -1.51. The minimum atomic E-state index is -3.44. The Kier molecular flexibility index (Phi) is 4.92. The van der Waals surface area contributed by atoms with Crippen LogP contribution in [0.2, 0.25) is 0 Å². The number of rotatable bonds is 6. The van der Waals surface area contributed by atoms with E-state index in [9.17, 15) is 8.42 Å². The topological polar surface area (TPSA) is 84.0 Å². The molecule has 2 rings (SSSR count).